The van der Waals surface area contributed by atoms with E-state index in [1.807, 2.05) is 20.2 Å². The molecule has 0 aliphatic heterocycles. The van der Waals surface area contributed by atoms with Crippen molar-refractivity contribution in [1.82, 2.24) is 4.90 Å². The maximum absolute atomic E-state index is 14.1. The largest absolute Gasteiger partial charge is 0.393 e. The normalized spacial score (nSPS) is 25.6. The monoisotopic (exact) mass is 329 g/mol. The number of halogens is 2. The van der Waals surface area contributed by atoms with Gasteiger partial charge >= 0.3 is 0 Å². The minimum atomic E-state index is -0.175. The molecule has 0 heterocycles. The first-order valence-corrected chi connectivity index (χ1v) is 7.57. The van der Waals surface area contributed by atoms with Gasteiger partial charge < -0.3 is 10.0 Å². The molecule has 0 radical (unpaired) electrons. The standard InChI is InChI=1S/C15H21BrFNO/c1-18(2)15(10-3-6-12(19)7-4-10)13-9-11(16)5-8-14(13)17/h5,8-10,12,15,19H,3-4,6-7H2,1-2H3. The Hall–Kier alpha value is -0.450. The maximum Gasteiger partial charge on any atom is 0.128 e. The molecule has 1 aliphatic rings. The van der Waals surface area contributed by atoms with Crippen molar-refractivity contribution in [3.05, 3.63) is 34.1 Å². The molecule has 106 valence electrons. The van der Waals surface area contributed by atoms with E-state index in [1.54, 1.807) is 6.07 Å². The van der Waals surface area contributed by atoms with Crippen LogP contribution in [0.15, 0.2) is 22.7 Å². The molecule has 1 fully saturated rings. The lowest BCUT2D eigenvalue weighted by molar-refractivity contribution is 0.0769. The minimum absolute atomic E-state index is 0.0741. The molecule has 0 bridgehead atoms. The van der Waals surface area contributed by atoms with Crippen molar-refractivity contribution in [3.8, 4) is 0 Å². The van der Waals surface area contributed by atoms with Crippen LogP contribution < -0.4 is 0 Å². The molecule has 1 saturated carbocycles. The van der Waals surface area contributed by atoms with Crippen LogP contribution in [0.25, 0.3) is 0 Å². The average molecular weight is 330 g/mol. The third-order valence-electron chi connectivity index (χ3n) is 4.02. The summed E-state index contributed by atoms with van der Waals surface area (Å²) in [5, 5.41) is 9.62. The van der Waals surface area contributed by atoms with Crippen LogP contribution in [0.3, 0.4) is 0 Å². The summed E-state index contributed by atoms with van der Waals surface area (Å²) >= 11 is 3.42. The van der Waals surface area contributed by atoms with Gasteiger partial charge in [-0.25, -0.2) is 4.39 Å². The summed E-state index contributed by atoms with van der Waals surface area (Å²) in [5.41, 5.74) is 0.751. The maximum atomic E-state index is 14.1. The first kappa shape index (κ1) is 14.9. The highest BCUT2D eigenvalue weighted by atomic mass is 79.9. The van der Waals surface area contributed by atoms with Crippen molar-refractivity contribution in [2.45, 2.75) is 37.8 Å². The molecule has 0 saturated heterocycles. The Morgan fingerprint density at radius 1 is 1.26 bits per heavy atom. The molecule has 0 spiro atoms. The number of hydrogen-bond acceptors (Lipinski definition) is 2. The average Bonchev–Trinajstić information content (AvgIpc) is 2.36. The molecule has 2 rings (SSSR count). The number of rotatable bonds is 3. The zero-order valence-corrected chi connectivity index (χ0v) is 13.0. The number of benzene rings is 1. The zero-order chi connectivity index (χ0) is 14.0. The number of aliphatic hydroxyl groups is 1. The molecule has 4 heteroatoms. The fraction of sp³-hybridized carbons (Fsp3) is 0.600. The van der Waals surface area contributed by atoms with Crippen LogP contribution >= 0.6 is 15.9 Å². The van der Waals surface area contributed by atoms with Gasteiger partial charge in [0.05, 0.1) is 6.10 Å². The first-order chi connectivity index (χ1) is 8.99. The number of nitrogens with zero attached hydrogens (tertiary/aromatic N) is 1. The summed E-state index contributed by atoms with van der Waals surface area (Å²) in [4.78, 5) is 2.09. The van der Waals surface area contributed by atoms with Crippen LogP contribution in [0.2, 0.25) is 0 Å². The molecular weight excluding hydrogens is 309 g/mol. The van der Waals surface area contributed by atoms with Crippen LogP contribution in [-0.2, 0) is 0 Å². The van der Waals surface area contributed by atoms with E-state index in [9.17, 15) is 9.50 Å². The lowest BCUT2D eigenvalue weighted by Crippen LogP contribution is -2.32. The molecule has 1 N–H and O–H groups in total. The number of aliphatic hydroxyl groups excluding tert-OH is 1. The molecule has 1 atom stereocenters. The van der Waals surface area contributed by atoms with Crippen molar-refractivity contribution in [1.29, 1.82) is 0 Å². The fourth-order valence-corrected chi connectivity index (χ4v) is 3.49. The summed E-state index contributed by atoms with van der Waals surface area (Å²) in [5.74, 6) is 0.259. The second kappa shape index (κ2) is 6.33. The van der Waals surface area contributed by atoms with Crippen molar-refractivity contribution in [2.24, 2.45) is 5.92 Å². The van der Waals surface area contributed by atoms with Crippen LogP contribution in [0.4, 0.5) is 4.39 Å². The number of hydrogen-bond donors (Lipinski definition) is 1. The van der Waals surface area contributed by atoms with Crippen LogP contribution in [0.1, 0.15) is 37.3 Å². The van der Waals surface area contributed by atoms with Gasteiger partial charge in [0.2, 0.25) is 0 Å². The van der Waals surface area contributed by atoms with E-state index in [0.717, 1.165) is 35.7 Å². The van der Waals surface area contributed by atoms with Crippen molar-refractivity contribution in [3.63, 3.8) is 0 Å². The van der Waals surface area contributed by atoms with Gasteiger partial charge in [0.1, 0.15) is 5.82 Å². The third-order valence-corrected chi connectivity index (χ3v) is 4.51. The van der Waals surface area contributed by atoms with Gasteiger partial charge in [0.15, 0.2) is 0 Å². The first-order valence-electron chi connectivity index (χ1n) is 6.78. The van der Waals surface area contributed by atoms with E-state index in [-0.39, 0.29) is 18.0 Å². The second-order valence-corrected chi connectivity index (χ2v) is 6.56. The molecule has 0 amide bonds. The summed E-state index contributed by atoms with van der Waals surface area (Å²) in [6, 6.07) is 5.21. The van der Waals surface area contributed by atoms with Crippen LogP contribution in [-0.4, -0.2) is 30.2 Å². The Balaban J connectivity index is 2.27. The Morgan fingerprint density at radius 3 is 2.47 bits per heavy atom. The van der Waals surface area contributed by atoms with Gasteiger partial charge in [-0.1, -0.05) is 15.9 Å². The lowest BCUT2D eigenvalue weighted by atomic mass is 9.79. The smallest absolute Gasteiger partial charge is 0.128 e. The van der Waals surface area contributed by atoms with Gasteiger partial charge in [-0.3, -0.25) is 0 Å². The van der Waals surface area contributed by atoms with Gasteiger partial charge in [0.25, 0.3) is 0 Å². The van der Waals surface area contributed by atoms with Crippen molar-refractivity contribution < 1.29 is 9.50 Å². The molecule has 1 aliphatic carbocycles. The highest BCUT2D eigenvalue weighted by Crippen LogP contribution is 2.38. The Labute approximate surface area is 122 Å². The highest BCUT2D eigenvalue weighted by molar-refractivity contribution is 9.10. The molecular formula is C15H21BrFNO. The topological polar surface area (TPSA) is 23.5 Å². The summed E-state index contributed by atoms with van der Waals surface area (Å²) in [7, 11) is 3.99. The van der Waals surface area contributed by atoms with E-state index < -0.39 is 0 Å². The fourth-order valence-electron chi connectivity index (χ4n) is 3.11. The SMILES string of the molecule is CN(C)C(c1cc(Br)ccc1F)C1CCC(O)CC1. The van der Waals surface area contributed by atoms with Gasteiger partial charge in [-0.15, -0.1) is 0 Å². The van der Waals surface area contributed by atoms with Crippen LogP contribution in [0.5, 0.6) is 0 Å². The van der Waals surface area contributed by atoms with E-state index >= 15 is 0 Å². The predicted molar refractivity (Wildman–Crippen MR) is 78.5 cm³/mol. The molecule has 2 nitrogen and oxygen atoms in total. The minimum Gasteiger partial charge on any atom is -0.393 e. The molecule has 19 heavy (non-hydrogen) atoms. The Morgan fingerprint density at radius 2 is 1.89 bits per heavy atom. The van der Waals surface area contributed by atoms with E-state index in [0.29, 0.717) is 5.92 Å². The molecule has 0 aromatic heterocycles. The van der Waals surface area contributed by atoms with Gasteiger partial charge in [0, 0.05) is 16.1 Å². The zero-order valence-electron chi connectivity index (χ0n) is 11.4. The Kier molecular flexibility index (Phi) is 4.98. The molecule has 1 aromatic carbocycles. The summed E-state index contributed by atoms with van der Waals surface area (Å²) in [6.07, 6.45) is 3.38. The molecule has 1 aromatic rings. The van der Waals surface area contributed by atoms with Gasteiger partial charge in [-0.05, 0) is 63.9 Å². The van der Waals surface area contributed by atoms with Crippen molar-refractivity contribution in [2.75, 3.05) is 14.1 Å². The van der Waals surface area contributed by atoms with E-state index in [1.165, 1.54) is 6.07 Å². The second-order valence-electron chi connectivity index (χ2n) is 5.64. The predicted octanol–water partition coefficient (Wildman–Crippen LogP) is 3.74. The van der Waals surface area contributed by atoms with Crippen molar-refractivity contribution >= 4 is 15.9 Å². The lowest BCUT2D eigenvalue weighted by Gasteiger charge is -2.36. The van der Waals surface area contributed by atoms with Gasteiger partial charge in [-0.2, -0.15) is 0 Å². The quantitative estimate of drug-likeness (QED) is 0.913. The summed E-state index contributed by atoms with van der Waals surface area (Å²) in [6.45, 7) is 0. The third kappa shape index (κ3) is 3.56. The molecule has 1 unspecified atom stereocenters. The van der Waals surface area contributed by atoms with E-state index in [4.69, 9.17) is 0 Å². The highest BCUT2D eigenvalue weighted by Gasteiger charge is 2.31. The van der Waals surface area contributed by atoms with Crippen LogP contribution in [0, 0.1) is 11.7 Å². The summed E-state index contributed by atoms with van der Waals surface area (Å²) < 4.78 is 15.0. The Bertz CT molecular complexity index is 430. The van der Waals surface area contributed by atoms with E-state index in [2.05, 4.69) is 20.8 Å².